The van der Waals surface area contributed by atoms with Gasteiger partial charge in [-0.25, -0.2) is 4.39 Å². The van der Waals surface area contributed by atoms with Crippen LogP contribution in [-0.2, 0) is 0 Å². The molecule has 0 radical (unpaired) electrons. The predicted octanol–water partition coefficient (Wildman–Crippen LogP) is 3.51. The summed E-state index contributed by atoms with van der Waals surface area (Å²) in [6, 6.07) is 6.25. The highest BCUT2D eigenvalue weighted by Crippen LogP contribution is 2.40. The summed E-state index contributed by atoms with van der Waals surface area (Å²) in [6.07, 6.45) is 3.90. The number of rotatable bonds is 1. The summed E-state index contributed by atoms with van der Waals surface area (Å²) in [4.78, 5) is 4.12. The van der Waals surface area contributed by atoms with Gasteiger partial charge in [0.05, 0.1) is 0 Å². The highest BCUT2D eigenvalue weighted by atomic mass is 79.9. The normalized spacial score (nSPS) is 21.6. The van der Waals surface area contributed by atoms with Crippen LogP contribution in [0.15, 0.2) is 41.1 Å². The van der Waals surface area contributed by atoms with Crippen LogP contribution < -0.4 is 10.5 Å². The monoisotopic (exact) mass is 322 g/mol. The summed E-state index contributed by atoms with van der Waals surface area (Å²) in [6.45, 7) is 0. The third-order valence-electron chi connectivity index (χ3n) is 3.21. The summed E-state index contributed by atoms with van der Waals surface area (Å²) in [7, 11) is 0. The van der Waals surface area contributed by atoms with Crippen molar-refractivity contribution in [2.45, 2.75) is 18.6 Å². The second-order valence-corrected chi connectivity index (χ2v) is 5.48. The topological polar surface area (TPSA) is 48.1 Å². The quantitative estimate of drug-likeness (QED) is 0.874. The van der Waals surface area contributed by atoms with Crippen molar-refractivity contribution in [1.29, 1.82) is 0 Å². The van der Waals surface area contributed by atoms with Crippen molar-refractivity contribution in [3.05, 3.63) is 58.1 Å². The Hall–Kier alpha value is -1.46. The smallest absolute Gasteiger partial charge is 0.127 e. The Balaban J connectivity index is 1.96. The van der Waals surface area contributed by atoms with E-state index in [1.807, 2.05) is 6.07 Å². The van der Waals surface area contributed by atoms with E-state index in [0.717, 1.165) is 15.6 Å². The van der Waals surface area contributed by atoms with Crippen molar-refractivity contribution in [2.24, 2.45) is 5.73 Å². The minimum Gasteiger partial charge on any atom is -0.485 e. The highest BCUT2D eigenvalue weighted by molar-refractivity contribution is 9.10. The van der Waals surface area contributed by atoms with Crippen molar-refractivity contribution in [3.63, 3.8) is 0 Å². The molecule has 3 nitrogen and oxygen atoms in total. The van der Waals surface area contributed by atoms with Gasteiger partial charge in [0, 0.05) is 46.5 Å². The van der Waals surface area contributed by atoms with Gasteiger partial charge in [0.1, 0.15) is 17.7 Å². The molecule has 1 aliphatic rings. The lowest BCUT2D eigenvalue weighted by molar-refractivity contribution is 0.160. The summed E-state index contributed by atoms with van der Waals surface area (Å²) < 4.78 is 20.0. The molecule has 19 heavy (non-hydrogen) atoms. The van der Waals surface area contributed by atoms with Crippen LogP contribution in [0.25, 0.3) is 0 Å². The second kappa shape index (κ2) is 4.90. The van der Waals surface area contributed by atoms with Crippen LogP contribution in [-0.4, -0.2) is 4.98 Å². The molecule has 3 rings (SSSR count). The van der Waals surface area contributed by atoms with E-state index >= 15 is 0 Å². The van der Waals surface area contributed by atoms with Crippen LogP contribution in [0.3, 0.4) is 0 Å². The third-order valence-corrected chi connectivity index (χ3v) is 3.64. The number of nitrogens with two attached hydrogens (primary N) is 1. The van der Waals surface area contributed by atoms with E-state index in [4.69, 9.17) is 10.5 Å². The van der Waals surface area contributed by atoms with E-state index < -0.39 is 0 Å². The minimum atomic E-state index is -0.320. The Labute approximate surface area is 118 Å². The molecule has 2 heterocycles. The predicted molar refractivity (Wildman–Crippen MR) is 73.3 cm³/mol. The van der Waals surface area contributed by atoms with Gasteiger partial charge in [0.2, 0.25) is 0 Å². The first-order valence-electron chi connectivity index (χ1n) is 5.95. The molecule has 1 aromatic heterocycles. The number of aromatic nitrogens is 1. The lowest BCUT2D eigenvalue weighted by atomic mass is 9.94. The largest absolute Gasteiger partial charge is 0.485 e. The van der Waals surface area contributed by atoms with Crippen LogP contribution >= 0.6 is 15.9 Å². The number of hydrogen-bond donors (Lipinski definition) is 1. The standard InChI is InChI=1S/C14H12BrFN2O/c15-9-3-8(6-18-7-9)13-5-12(17)11-2-1-10(16)4-14(11)19-13/h1-4,6-7,12-13H,5,17H2/t12-,13?/m0/s1. The molecule has 0 bridgehead atoms. The molecule has 1 aromatic carbocycles. The summed E-state index contributed by atoms with van der Waals surface area (Å²) >= 11 is 3.38. The van der Waals surface area contributed by atoms with E-state index in [0.29, 0.717) is 12.2 Å². The zero-order valence-corrected chi connectivity index (χ0v) is 11.6. The fraction of sp³-hybridized carbons (Fsp3) is 0.214. The van der Waals surface area contributed by atoms with E-state index in [1.165, 1.54) is 12.1 Å². The molecule has 2 N–H and O–H groups in total. The number of hydrogen-bond acceptors (Lipinski definition) is 3. The van der Waals surface area contributed by atoms with Crippen LogP contribution in [0, 0.1) is 5.82 Å². The molecule has 0 aliphatic carbocycles. The number of pyridine rings is 1. The molecule has 2 atom stereocenters. The van der Waals surface area contributed by atoms with Gasteiger partial charge in [-0.15, -0.1) is 0 Å². The Morgan fingerprint density at radius 1 is 1.32 bits per heavy atom. The number of benzene rings is 1. The number of halogens is 2. The first-order valence-corrected chi connectivity index (χ1v) is 6.75. The second-order valence-electron chi connectivity index (χ2n) is 4.57. The van der Waals surface area contributed by atoms with Crippen molar-refractivity contribution in [2.75, 3.05) is 0 Å². The van der Waals surface area contributed by atoms with Gasteiger partial charge >= 0.3 is 0 Å². The van der Waals surface area contributed by atoms with Crippen molar-refractivity contribution < 1.29 is 9.13 Å². The minimum absolute atomic E-state index is 0.159. The van der Waals surface area contributed by atoms with Gasteiger partial charge in [-0.05, 0) is 28.1 Å². The van der Waals surface area contributed by atoms with Crippen molar-refractivity contribution in [3.8, 4) is 5.75 Å². The van der Waals surface area contributed by atoms with Crippen molar-refractivity contribution in [1.82, 2.24) is 4.98 Å². The SMILES string of the molecule is N[C@H]1CC(c2cncc(Br)c2)Oc2cc(F)ccc21. The number of ether oxygens (including phenoxy) is 1. The molecular weight excluding hydrogens is 311 g/mol. The van der Waals surface area contributed by atoms with Crippen LogP contribution in [0.4, 0.5) is 4.39 Å². The molecule has 2 aromatic rings. The van der Waals surface area contributed by atoms with Gasteiger partial charge in [-0.2, -0.15) is 0 Å². The zero-order valence-electron chi connectivity index (χ0n) is 10.0. The van der Waals surface area contributed by atoms with Crippen molar-refractivity contribution >= 4 is 15.9 Å². The Morgan fingerprint density at radius 2 is 2.16 bits per heavy atom. The van der Waals surface area contributed by atoms with Gasteiger partial charge in [0.15, 0.2) is 0 Å². The van der Waals surface area contributed by atoms with E-state index in [2.05, 4.69) is 20.9 Å². The van der Waals surface area contributed by atoms with Gasteiger partial charge < -0.3 is 10.5 Å². The molecule has 1 aliphatic heterocycles. The molecule has 98 valence electrons. The number of nitrogens with zero attached hydrogens (tertiary/aromatic N) is 1. The molecule has 0 fully saturated rings. The molecule has 5 heteroatoms. The average molecular weight is 323 g/mol. The summed E-state index contributed by atoms with van der Waals surface area (Å²) in [5.41, 5.74) is 7.91. The van der Waals surface area contributed by atoms with Crippen LogP contribution in [0.1, 0.15) is 29.7 Å². The molecule has 0 spiro atoms. The molecule has 1 unspecified atom stereocenters. The van der Waals surface area contributed by atoms with E-state index in [1.54, 1.807) is 18.5 Å². The fourth-order valence-corrected chi connectivity index (χ4v) is 2.67. The lowest BCUT2D eigenvalue weighted by Gasteiger charge is -2.30. The summed E-state index contributed by atoms with van der Waals surface area (Å²) in [5.74, 6) is 0.197. The summed E-state index contributed by atoms with van der Waals surface area (Å²) in [5, 5.41) is 0. The van der Waals surface area contributed by atoms with Gasteiger partial charge in [0.25, 0.3) is 0 Å². The molecular formula is C14H12BrFN2O. The van der Waals surface area contributed by atoms with Crippen LogP contribution in [0.5, 0.6) is 5.75 Å². The fourth-order valence-electron chi connectivity index (χ4n) is 2.28. The Morgan fingerprint density at radius 3 is 2.95 bits per heavy atom. The maximum absolute atomic E-state index is 13.3. The Kier molecular flexibility index (Phi) is 3.24. The molecule has 0 amide bonds. The first kappa shape index (κ1) is 12.6. The van der Waals surface area contributed by atoms with Crippen LogP contribution in [0.2, 0.25) is 0 Å². The van der Waals surface area contributed by atoms with E-state index in [9.17, 15) is 4.39 Å². The Bertz CT molecular complexity index is 620. The lowest BCUT2D eigenvalue weighted by Crippen LogP contribution is -2.24. The maximum Gasteiger partial charge on any atom is 0.127 e. The van der Waals surface area contributed by atoms with Gasteiger partial charge in [-0.3, -0.25) is 4.98 Å². The third kappa shape index (κ3) is 2.48. The maximum atomic E-state index is 13.3. The molecule has 0 saturated heterocycles. The van der Waals surface area contributed by atoms with Gasteiger partial charge in [-0.1, -0.05) is 6.07 Å². The molecule has 0 saturated carbocycles. The highest BCUT2D eigenvalue weighted by Gasteiger charge is 2.27. The number of fused-ring (bicyclic) bond motifs is 1. The zero-order chi connectivity index (χ0) is 13.4. The first-order chi connectivity index (χ1) is 9.13. The average Bonchev–Trinajstić information content (AvgIpc) is 2.38. The van der Waals surface area contributed by atoms with E-state index in [-0.39, 0.29) is 18.0 Å².